The van der Waals surface area contributed by atoms with Crippen molar-refractivity contribution in [3.05, 3.63) is 70.9 Å². The zero-order chi connectivity index (χ0) is 42.1. The Morgan fingerprint density at radius 1 is 1.02 bits per heavy atom. The van der Waals surface area contributed by atoms with Gasteiger partial charge in [-0.1, -0.05) is 44.2 Å². The Balaban J connectivity index is 1.29. The number of nitrogens with one attached hydrogen (secondary N) is 1. The summed E-state index contributed by atoms with van der Waals surface area (Å²) in [5, 5.41) is 14.3. The Morgan fingerprint density at radius 2 is 1.80 bits per heavy atom. The van der Waals surface area contributed by atoms with E-state index < -0.39 is 57.9 Å². The number of hydrogen-bond acceptors (Lipinski definition) is 12. The molecule has 14 nitrogen and oxygen atoms in total. The van der Waals surface area contributed by atoms with Gasteiger partial charge in [0.05, 0.1) is 39.2 Å². The maximum atomic E-state index is 15.4. The third-order valence-electron chi connectivity index (χ3n) is 15.9. The molecule has 10 rings (SSSR count). The van der Waals surface area contributed by atoms with E-state index in [-0.39, 0.29) is 17.6 Å². The van der Waals surface area contributed by atoms with Crippen LogP contribution in [-0.2, 0) is 55.4 Å². The van der Waals surface area contributed by atoms with Crippen molar-refractivity contribution in [2.75, 3.05) is 59.0 Å². The van der Waals surface area contributed by atoms with E-state index in [2.05, 4.69) is 27.8 Å². The van der Waals surface area contributed by atoms with Crippen LogP contribution in [0.1, 0.15) is 68.8 Å². The largest absolute Gasteiger partial charge is 0.496 e. The van der Waals surface area contributed by atoms with Crippen molar-refractivity contribution >= 4 is 40.9 Å². The predicted octanol–water partition coefficient (Wildman–Crippen LogP) is 3.53. The van der Waals surface area contributed by atoms with Crippen LogP contribution in [0.5, 0.6) is 5.75 Å². The summed E-state index contributed by atoms with van der Waals surface area (Å²) in [6, 6.07) is 10.2. The van der Waals surface area contributed by atoms with Gasteiger partial charge >= 0.3 is 17.9 Å². The molecular weight excluding hydrogens is 769 g/mol. The number of epoxide rings is 1. The van der Waals surface area contributed by atoms with E-state index >= 15 is 4.79 Å². The number of para-hydroxylation sites is 1. The zero-order valence-electron chi connectivity index (χ0n) is 35.1. The van der Waals surface area contributed by atoms with Gasteiger partial charge in [0.25, 0.3) is 0 Å². The average Bonchev–Trinajstić information content (AvgIpc) is 3.53. The van der Waals surface area contributed by atoms with E-state index in [1.807, 2.05) is 43.3 Å². The molecule has 1 saturated carbocycles. The van der Waals surface area contributed by atoms with E-state index in [1.54, 1.807) is 13.2 Å². The first-order valence-electron chi connectivity index (χ1n) is 21.3. The Morgan fingerprint density at radius 3 is 2.50 bits per heavy atom. The first kappa shape index (κ1) is 39.4. The van der Waals surface area contributed by atoms with Gasteiger partial charge in [0, 0.05) is 84.1 Å². The minimum Gasteiger partial charge on any atom is -0.496 e. The fraction of sp³-hybridized carbons (Fsp3) is 0.565. The van der Waals surface area contributed by atoms with Gasteiger partial charge in [0.15, 0.2) is 6.10 Å². The van der Waals surface area contributed by atoms with Gasteiger partial charge in [-0.05, 0) is 61.9 Å². The highest BCUT2D eigenvalue weighted by molar-refractivity contribution is 5.96. The molecule has 4 fully saturated rings. The molecule has 11 atom stereocenters. The third kappa shape index (κ3) is 4.73. The Bertz CT molecular complexity index is 2360. The summed E-state index contributed by atoms with van der Waals surface area (Å²) in [6.45, 7) is 8.86. The van der Waals surface area contributed by atoms with Gasteiger partial charge in [-0.25, -0.2) is 4.79 Å². The molecular formula is C46H54N4O10. The van der Waals surface area contributed by atoms with E-state index in [0.717, 1.165) is 48.2 Å². The lowest BCUT2D eigenvalue weighted by atomic mass is 9.47. The van der Waals surface area contributed by atoms with Crippen LogP contribution >= 0.6 is 0 Å². The molecule has 3 aromatic rings. The molecule has 1 aromatic heterocycles. The molecule has 0 radical (unpaired) electrons. The summed E-state index contributed by atoms with van der Waals surface area (Å²) < 4.78 is 30.4. The van der Waals surface area contributed by atoms with E-state index in [1.165, 1.54) is 26.0 Å². The summed E-state index contributed by atoms with van der Waals surface area (Å²) >= 11 is 0. The smallest absolute Gasteiger partial charge is 0.344 e. The molecule has 6 aliphatic heterocycles. The highest BCUT2D eigenvalue weighted by atomic mass is 16.6. The van der Waals surface area contributed by atoms with Gasteiger partial charge in [0.2, 0.25) is 12.0 Å². The van der Waals surface area contributed by atoms with Gasteiger partial charge in [-0.15, -0.1) is 0 Å². The second kappa shape index (κ2) is 13.4. The fourth-order valence-electron chi connectivity index (χ4n) is 13.7. The topological polar surface area (TPSA) is 163 Å². The summed E-state index contributed by atoms with van der Waals surface area (Å²) in [7, 11) is 4.15. The lowest BCUT2D eigenvalue weighted by Crippen LogP contribution is -2.81. The van der Waals surface area contributed by atoms with E-state index in [9.17, 15) is 19.5 Å². The first-order chi connectivity index (χ1) is 28.9. The number of anilines is 1. The van der Waals surface area contributed by atoms with Crippen LogP contribution in [0.4, 0.5) is 5.69 Å². The van der Waals surface area contributed by atoms with Crippen LogP contribution in [0.25, 0.3) is 10.9 Å². The van der Waals surface area contributed by atoms with Crippen molar-refractivity contribution in [2.24, 2.45) is 11.3 Å². The predicted molar refractivity (Wildman–Crippen MR) is 219 cm³/mol. The molecule has 2 aromatic carbocycles. The van der Waals surface area contributed by atoms with Crippen molar-refractivity contribution in [1.29, 1.82) is 0 Å². The number of aromatic nitrogens is 1. The summed E-state index contributed by atoms with van der Waals surface area (Å²) in [6.07, 6.45) is 5.84. The van der Waals surface area contributed by atoms with Crippen LogP contribution in [0.15, 0.2) is 48.6 Å². The number of nitrogens with zero attached hydrogens (tertiary/aromatic N) is 3. The first-order valence-corrected chi connectivity index (χ1v) is 21.3. The number of methoxy groups -OCH3 is 3. The maximum absolute atomic E-state index is 15.4. The second-order valence-corrected chi connectivity index (χ2v) is 18.2. The average molecular weight is 823 g/mol. The van der Waals surface area contributed by atoms with Crippen molar-refractivity contribution in [3.63, 3.8) is 0 Å². The number of rotatable bonds is 8. The number of amides is 1. The highest BCUT2D eigenvalue weighted by Gasteiger charge is 2.81. The normalized spacial score (nSPS) is 38.2. The number of fused-ring (bicyclic) bond motifs is 8. The molecule has 318 valence electrons. The lowest BCUT2D eigenvalue weighted by Gasteiger charge is -2.63. The number of carbonyl (C=O) groups excluding carboxylic acids is 4. The quantitative estimate of drug-likeness (QED) is 0.112. The monoisotopic (exact) mass is 822 g/mol. The summed E-state index contributed by atoms with van der Waals surface area (Å²) in [4.78, 5) is 66.5. The Kier molecular flexibility index (Phi) is 8.77. The maximum Gasteiger partial charge on any atom is 0.344 e. The highest BCUT2D eigenvalue weighted by Crippen LogP contribution is 2.68. The van der Waals surface area contributed by atoms with Crippen LogP contribution in [-0.4, -0.2) is 134 Å². The number of carbonyl (C=O) groups is 4. The van der Waals surface area contributed by atoms with Crippen LogP contribution in [0.2, 0.25) is 0 Å². The fourth-order valence-corrected chi connectivity index (χ4v) is 13.7. The van der Waals surface area contributed by atoms with Gasteiger partial charge in [-0.3, -0.25) is 24.2 Å². The molecule has 1 spiro atoms. The number of esters is 3. The molecule has 60 heavy (non-hydrogen) atoms. The molecule has 3 saturated heterocycles. The number of aromatic amines is 1. The SMILES string of the molecule is CC[C@]12CN3CCc4c([nH]c5ccccc45)[C@@](C(=O)OC)(c4cc5c(cc4OC)N(C=O)[C@@H]4[C@@](O)(C(=O)OC)[C@H](OC(C)=O)[C@]6(CC)C=CCN7CC[C@]54[C@H]76)C[C@H](C3)[C@@H]1O2. The minimum absolute atomic E-state index is 0.0585. The number of aliphatic hydroxyl groups is 1. The third-order valence-corrected chi connectivity index (χ3v) is 15.9. The van der Waals surface area contributed by atoms with Crippen LogP contribution in [0, 0.1) is 11.3 Å². The standard InChI is InChI=1S/C46H54N4O10/c1-7-42-15-11-17-49-19-16-44(37(42)49)30-20-31(34(56-4)21-33(30)50(25-51)38(44)46(55,41(54)58-6)39(42)59-26(3)52)45(40(53)57-5)22-27-23-48(24-43(8-2)36(27)60-43)18-14-29-28-12-9-10-13-32(28)47-35(29)45/h9-13,15,20-21,25,27,36-39,47,55H,7-8,14,16-19,22-24H2,1-6H3/t27-,36+,37-,38+,39-,42-,43+,44-,45+,46+/m1/s1. The number of H-pyrrole nitrogens is 1. The van der Waals surface area contributed by atoms with Crippen molar-refractivity contribution < 1.29 is 48.0 Å². The zero-order valence-corrected chi connectivity index (χ0v) is 35.1. The van der Waals surface area contributed by atoms with Crippen molar-refractivity contribution in [2.45, 2.75) is 99.2 Å². The van der Waals surface area contributed by atoms with Gasteiger partial charge < -0.3 is 38.7 Å². The Hall–Kier alpha value is -4.76. The lowest BCUT2D eigenvalue weighted by molar-refractivity contribution is -0.228. The number of ether oxygens (including phenoxy) is 5. The van der Waals surface area contributed by atoms with Crippen molar-refractivity contribution in [3.8, 4) is 5.75 Å². The molecule has 14 heteroatoms. The second-order valence-electron chi connectivity index (χ2n) is 18.2. The molecule has 7 heterocycles. The van der Waals surface area contributed by atoms with Gasteiger partial charge in [-0.2, -0.15) is 0 Å². The number of benzene rings is 2. The van der Waals surface area contributed by atoms with Crippen molar-refractivity contribution in [1.82, 2.24) is 14.8 Å². The van der Waals surface area contributed by atoms with E-state index in [4.69, 9.17) is 23.7 Å². The van der Waals surface area contributed by atoms with E-state index in [0.29, 0.717) is 67.7 Å². The summed E-state index contributed by atoms with van der Waals surface area (Å²) in [5.74, 6) is -1.87. The molecule has 7 aliphatic rings. The Labute approximate surface area is 349 Å². The van der Waals surface area contributed by atoms with Crippen LogP contribution < -0.4 is 9.64 Å². The summed E-state index contributed by atoms with van der Waals surface area (Å²) in [5.41, 5.74) is -2.15. The number of hydrogen-bond donors (Lipinski definition) is 2. The number of piperidine rings is 1. The molecule has 2 bridgehead atoms. The molecule has 1 unspecified atom stereocenters. The van der Waals surface area contributed by atoms with Gasteiger partial charge in [0.1, 0.15) is 16.8 Å². The molecule has 1 amide bonds. The molecule has 1 aliphatic carbocycles. The van der Waals surface area contributed by atoms with Crippen LogP contribution in [0.3, 0.4) is 0 Å². The minimum atomic E-state index is -2.52. The molecule has 2 N–H and O–H groups in total.